The van der Waals surface area contributed by atoms with Crippen LogP contribution in [0, 0.1) is 5.92 Å². The Morgan fingerprint density at radius 1 is 1.25 bits per heavy atom. The molecule has 1 fully saturated rings. The van der Waals surface area contributed by atoms with Crippen molar-refractivity contribution in [1.29, 1.82) is 0 Å². The van der Waals surface area contributed by atoms with Gasteiger partial charge in [-0.2, -0.15) is 0 Å². The van der Waals surface area contributed by atoms with E-state index in [4.69, 9.17) is 5.11 Å². The third-order valence-corrected chi connectivity index (χ3v) is 3.77. The van der Waals surface area contributed by atoms with Crippen LogP contribution in [0.15, 0.2) is 18.5 Å². The molecule has 1 aliphatic carbocycles. The molecule has 1 aliphatic rings. The molecule has 2 N–H and O–H groups in total. The predicted octanol–water partition coefficient (Wildman–Crippen LogP) is 3.08. The number of carboxylic acids is 1. The van der Waals surface area contributed by atoms with Gasteiger partial charge in [-0.3, -0.25) is 9.78 Å². The summed E-state index contributed by atoms with van der Waals surface area (Å²) in [4.78, 5) is 26.5. The molecule has 1 amide bonds. The van der Waals surface area contributed by atoms with E-state index in [9.17, 15) is 9.59 Å². The molecule has 0 bridgehead atoms. The molecule has 0 aliphatic heterocycles. The average molecular weight is 276 g/mol. The lowest BCUT2D eigenvalue weighted by Crippen LogP contribution is -2.15. The van der Waals surface area contributed by atoms with Crippen molar-refractivity contribution in [3.8, 4) is 0 Å². The molecule has 20 heavy (non-hydrogen) atoms. The van der Waals surface area contributed by atoms with Crippen LogP contribution in [0.25, 0.3) is 0 Å². The fourth-order valence-corrected chi connectivity index (χ4v) is 2.66. The zero-order valence-corrected chi connectivity index (χ0v) is 11.5. The minimum atomic E-state index is -1.05. The molecule has 0 radical (unpaired) electrons. The standard InChI is InChI=1S/C15H20N2O3/c18-14(7-6-11-4-2-1-3-5-11)17-13-8-12(15(19)20)9-16-10-13/h8-11H,1-7H2,(H,17,18)(H,19,20). The maximum atomic E-state index is 11.8. The smallest absolute Gasteiger partial charge is 0.337 e. The van der Waals surface area contributed by atoms with Gasteiger partial charge in [0.15, 0.2) is 0 Å². The highest BCUT2D eigenvalue weighted by Crippen LogP contribution is 2.27. The Labute approximate surface area is 118 Å². The number of pyridine rings is 1. The second kappa shape index (κ2) is 7.03. The number of anilines is 1. The van der Waals surface area contributed by atoms with Crippen molar-refractivity contribution >= 4 is 17.6 Å². The predicted molar refractivity (Wildman–Crippen MR) is 75.6 cm³/mol. The van der Waals surface area contributed by atoms with Crippen molar-refractivity contribution in [1.82, 2.24) is 4.98 Å². The molecule has 1 aromatic rings. The number of carboxylic acid groups (broad SMARTS) is 1. The van der Waals surface area contributed by atoms with Gasteiger partial charge < -0.3 is 10.4 Å². The van der Waals surface area contributed by atoms with E-state index in [1.54, 1.807) is 0 Å². The summed E-state index contributed by atoms with van der Waals surface area (Å²) in [5.41, 5.74) is 0.522. The normalized spacial score (nSPS) is 15.8. The number of hydrogen-bond acceptors (Lipinski definition) is 3. The zero-order valence-electron chi connectivity index (χ0n) is 11.5. The Morgan fingerprint density at radius 2 is 2.00 bits per heavy atom. The van der Waals surface area contributed by atoms with Gasteiger partial charge >= 0.3 is 5.97 Å². The fraction of sp³-hybridized carbons (Fsp3) is 0.533. The summed E-state index contributed by atoms with van der Waals surface area (Å²) in [6, 6.07) is 1.42. The van der Waals surface area contributed by atoms with Gasteiger partial charge in [-0.1, -0.05) is 32.1 Å². The molecule has 1 saturated carbocycles. The van der Waals surface area contributed by atoms with Gasteiger partial charge in [-0.05, 0) is 18.4 Å². The molecular formula is C15H20N2O3. The maximum Gasteiger partial charge on any atom is 0.337 e. The Morgan fingerprint density at radius 3 is 2.70 bits per heavy atom. The topological polar surface area (TPSA) is 79.3 Å². The maximum absolute atomic E-state index is 11.8. The number of aromatic carboxylic acids is 1. The van der Waals surface area contributed by atoms with Crippen molar-refractivity contribution in [2.45, 2.75) is 44.9 Å². The van der Waals surface area contributed by atoms with E-state index in [2.05, 4.69) is 10.3 Å². The van der Waals surface area contributed by atoms with Crippen LogP contribution >= 0.6 is 0 Å². The summed E-state index contributed by atoms with van der Waals surface area (Å²) in [5.74, 6) is -0.450. The van der Waals surface area contributed by atoms with E-state index in [0.29, 0.717) is 18.0 Å². The Hall–Kier alpha value is -1.91. The molecule has 1 heterocycles. The molecule has 2 rings (SSSR count). The highest BCUT2D eigenvalue weighted by atomic mass is 16.4. The summed E-state index contributed by atoms with van der Waals surface area (Å²) < 4.78 is 0. The molecule has 0 spiro atoms. The second-order valence-electron chi connectivity index (χ2n) is 5.36. The van der Waals surface area contributed by atoms with Gasteiger partial charge in [0.05, 0.1) is 17.4 Å². The monoisotopic (exact) mass is 276 g/mol. The van der Waals surface area contributed by atoms with E-state index in [1.165, 1.54) is 50.6 Å². The van der Waals surface area contributed by atoms with Gasteiger partial charge in [0.1, 0.15) is 0 Å². The van der Waals surface area contributed by atoms with E-state index in [0.717, 1.165) is 6.42 Å². The molecular weight excluding hydrogens is 256 g/mol. The van der Waals surface area contributed by atoms with Crippen LogP contribution in [0.4, 0.5) is 5.69 Å². The number of amides is 1. The minimum Gasteiger partial charge on any atom is -0.478 e. The lowest BCUT2D eigenvalue weighted by atomic mass is 9.86. The number of nitrogens with zero attached hydrogens (tertiary/aromatic N) is 1. The third-order valence-electron chi connectivity index (χ3n) is 3.77. The van der Waals surface area contributed by atoms with E-state index >= 15 is 0 Å². The van der Waals surface area contributed by atoms with Gasteiger partial charge in [-0.15, -0.1) is 0 Å². The highest BCUT2D eigenvalue weighted by Gasteiger charge is 2.15. The Bertz CT molecular complexity index is 482. The van der Waals surface area contributed by atoms with Crippen LogP contribution in [-0.2, 0) is 4.79 Å². The zero-order chi connectivity index (χ0) is 14.4. The first-order valence-corrected chi connectivity index (χ1v) is 7.13. The minimum absolute atomic E-state index is 0.0695. The average Bonchev–Trinajstić information content (AvgIpc) is 2.46. The summed E-state index contributed by atoms with van der Waals surface area (Å²) in [6.07, 6.45) is 10.4. The van der Waals surface area contributed by atoms with Crippen LogP contribution in [0.2, 0.25) is 0 Å². The molecule has 108 valence electrons. The van der Waals surface area contributed by atoms with Crippen LogP contribution in [0.3, 0.4) is 0 Å². The fourth-order valence-electron chi connectivity index (χ4n) is 2.66. The van der Waals surface area contributed by atoms with Gasteiger partial charge in [0, 0.05) is 12.6 Å². The van der Waals surface area contributed by atoms with E-state index in [-0.39, 0.29) is 11.5 Å². The van der Waals surface area contributed by atoms with Crippen LogP contribution in [0.1, 0.15) is 55.3 Å². The number of nitrogens with one attached hydrogen (secondary N) is 1. The first kappa shape index (κ1) is 14.5. The number of hydrogen-bond donors (Lipinski definition) is 2. The van der Waals surface area contributed by atoms with Gasteiger partial charge in [-0.25, -0.2) is 4.79 Å². The first-order chi connectivity index (χ1) is 9.65. The van der Waals surface area contributed by atoms with Crippen LogP contribution < -0.4 is 5.32 Å². The summed E-state index contributed by atoms with van der Waals surface area (Å²) in [6.45, 7) is 0. The Balaban J connectivity index is 1.81. The lowest BCUT2D eigenvalue weighted by molar-refractivity contribution is -0.116. The summed E-state index contributed by atoms with van der Waals surface area (Å²) in [5, 5.41) is 11.6. The summed E-state index contributed by atoms with van der Waals surface area (Å²) in [7, 11) is 0. The lowest BCUT2D eigenvalue weighted by Gasteiger charge is -2.20. The molecule has 0 aromatic carbocycles. The van der Waals surface area contributed by atoms with Gasteiger partial charge in [0.25, 0.3) is 0 Å². The quantitative estimate of drug-likeness (QED) is 0.866. The first-order valence-electron chi connectivity index (χ1n) is 7.13. The van der Waals surface area contributed by atoms with Crippen molar-refractivity contribution in [2.24, 2.45) is 5.92 Å². The van der Waals surface area contributed by atoms with Crippen LogP contribution in [-0.4, -0.2) is 22.0 Å². The highest BCUT2D eigenvalue weighted by molar-refractivity contribution is 5.93. The number of carbonyl (C=O) groups excluding carboxylic acids is 1. The molecule has 0 unspecified atom stereocenters. The third kappa shape index (κ3) is 4.33. The van der Waals surface area contributed by atoms with E-state index < -0.39 is 5.97 Å². The number of carbonyl (C=O) groups is 2. The number of rotatable bonds is 5. The van der Waals surface area contributed by atoms with Crippen molar-refractivity contribution < 1.29 is 14.7 Å². The van der Waals surface area contributed by atoms with Gasteiger partial charge in [0.2, 0.25) is 5.91 Å². The van der Waals surface area contributed by atoms with E-state index in [1.807, 2.05) is 0 Å². The molecule has 5 heteroatoms. The summed E-state index contributed by atoms with van der Waals surface area (Å²) >= 11 is 0. The number of aromatic nitrogens is 1. The molecule has 0 saturated heterocycles. The second-order valence-corrected chi connectivity index (χ2v) is 5.36. The van der Waals surface area contributed by atoms with Crippen LogP contribution in [0.5, 0.6) is 0 Å². The Kier molecular flexibility index (Phi) is 5.09. The largest absolute Gasteiger partial charge is 0.478 e. The molecule has 0 atom stereocenters. The molecule has 5 nitrogen and oxygen atoms in total. The van der Waals surface area contributed by atoms with Crippen molar-refractivity contribution in [3.63, 3.8) is 0 Å². The van der Waals surface area contributed by atoms with Crippen molar-refractivity contribution in [3.05, 3.63) is 24.0 Å². The molecule has 1 aromatic heterocycles. The SMILES string of the molecule is O=C(CCC1CCCCC1)Nc1cncc(C(=O)O)c1. The van der Waals surface area contributed by atoms with Crippen molar-refractivity contribution in [2.75, 3.05) is 5.32 Å².